The first-order chi connectivity index (χ1) is 12.1. The predicted octanol–water partition coefficient (Wildman–Crippen LogP) is 3.67. The lowest BCUT2D eigenvalue weighted by Gasteiger charge is -2.25. The lowest BCUT2D eigenvalue weighted by molar-refractivity contribution is -0.242. The molecule has 13 heteroatoms. The molecule has 0 aromatic heterocycles. The van der Waals surface area contributed by atoms with Crippen LogP contribution in [0.4, 0.5) is 30.7 Å². The fourth-order valence-corrected chi connectivity index (χ4v) is 2.51. The molecule has 0 aliphatic rings. The zero-order chi connectivity index (χ0) is 21.3. The summed E-state index contributed by atoms with van der Waals surface area (Å²) in [4.78, 5) is 15.2. The number of rotatable bonds is 6. The highest BCUT2D eigenvalue weighted by Crippen LogP contribution is 2.46. The number of nitrogens with zero attached hydrogens (tertiary/aromatic N) is 1. The summed E-state index contributed by atoms with van der Waals surface area (Å²) >= 11 is 0. The molecule has 0 heterocycles. The van der Waals surface area contributed by atoms with Gasteiger partial charge in [0.25, 0.3) is 9.84 Å². The molecule has 0 aliphatic carbocycles. The summed E-state index contributed by atoms with van der Waals surface area (Å²) in [6.07, 6.45) is -6.83. The summed E-state index contributed by atoms with van der Waals surface area (Å²) in [7, 11) is -7.55. The Balaban J connectivity index is 3.63. The number of oxime groups is 1. The Morgan fingerprint density at radius 3 is 1.93 bits per heavy atom. The molecule has 0 bridgehead atoms. The van der Waals surface area contributed by atoms with E-state index in [0.717, 1.165) is 31.2 Å². The first kappa shape index (κ1) is 22.6. The van der Waals surface area contributed by atoms with Crippen molar-refractivity contribution < 1.29 is 48.8 Å². The van der Waals surface area contributed by atoms with E-state index in [-0.39, 0.29) is 0 Å². The highest BCUT2D eigenvalue weighted by molar-refractivity contribution is 7.94. The smallest absolute Gasteiger partial charge is 0.313 e. The number of benzene rings is 1. The highest BCUT2D eigenvalue weighted by Gasteiger charge is 2.75. The van der Waals surface area contributed by atoms with Gasteiger partial charge in [0.1, 0.15) is 0 Å². The van der Waals surface area contributed by atoms with Gasteiger partial charge in [-0.1, -0.05) is 42.1 Å². The monoisotopic (exact) mass is 421 g/mol. The van der Waals surface area contributed by atoms with Crippen LogP contribution in [-0.4, -0.2) is 36.8 Å². The minimum atomic E-state index is -7.55. The van der Waals surface area contributed by atoms with Crippen LogP contribution in [0.15, 0.2) is 47.6 Å². The second-order valence-corrected chi connectivity index (χ2v) is 7.03. The first-order valence-electron chi connectivity index (χ1n) is 6.64. The van der Waals surface area contributed by atoms with E-state index in [1.165, 1.54) is 6.07 Å². The van der Waals surface area contributed by atoms with E-state index in [0.29, 0.717) is 0 Å². The maximum atomic E-state index is 14.3. The maximum Gasteiger partial charge on any atom is 0.469 e. The quantitative estimate of drug-likeness (QED) is 0.231. The Kier molecular flexibility index (Phi) is 6.10. The summed E-state index contributed by atoms with van der Waals surface area (Å²) in [6, 6.07) is 4.80. The van der Waals surface area contributed by atoms with Crippen LogP contribution in [0.3, 0.4) is 0 Å². The molecule has 0 fully saturated rings. The summed E-state index contributed by atoms with van der Waals surface area (Å²) < 4.78 is 115. The van der Waals surface area contributed by atoms with Crippen molar-refractivity contribution in [3.8, 4) is 0 Å². The molecular formula is C14H10F7NO4S. The van der Waals surface area contributed by atoms with Gasteiger partial charge in [0.15, 0.2) is 5.71 Å². The van der Waals surface area contributed by atoms with Gasteiger partial charge in [-0.2, -0.15) is 30.7 Å². The maximum absolute atomic E-state index is 14.3. The van der Waals surface area contributed by atoms with Crippen LogP contribution in [0.2, 0.25) is 0 Å². The Hall–Kier alpha value is -2.44. The molecule has 5 nitrogen and oxygen atoms in total. The second kappa shape index (κ2) is 7.29. The van der Waals surface area contributed by atoms with Crippen molar-refractivity contribution in [1.29, 1.82) is 0 Å². The Morgan fingerprint density at radius 2 is 1.52 bits per heavy atom. The molecule has 0 N–H and O–H groups in total. The molecule has 0 spiro atoms. The molecular weight excluding hydrogens is 411 g/mol. The topological polar surface area (TPSA) is 72.8 Å². The summed E-state index contributed by atoms with van der Waals surface area (Å²) in [5.74, 6) is -1.45. The van der Waals surface area contributed by atoms with Gasteiger partial charge in [-0.05, 0) is 6.92 Å². The predicted molar refractivity (Wildman–Crippen MR) is 78.8 cm³/mol. The molecule has 1 rings (SSSR count). The molecule has 0 saturated heterocycles. The fourth-order valence-electron chi connectivity index (χ4n) is 1.48. The van der Waals surface area contributed by atoms with E-state index in [4.69, 9.17) is 0 Å². The van der Waals surface area contributed by atoms with Gasteiger partial charge in [-0.3, -0.25) is 0 Å². The number of carbonyl (C=O) groups is 1. The van der Waals surface area contributed by atoms with E-state index in [1.54, 1.807) is 0 Å². The number of hydrogen-bond donors (Lipinski definition) is 0. The molecule has 0 atom stereocenters. The van der Waals surface area contributed by atoms with Crippen molar-refractivity contribution in [2.24, 2.45) is 5.16 Å². The molecule has 0 radical (unpaired) electrons. The molecule has 27 heavy (non-hydrogen) atoms. The third-order valence-corrected chi connectivity index (χ3v) is 4.67. The van der Waals surface area contributed by atoms with Gasteiger partial charge >= 0.3 is 22.7 Å². The minimum absolute atomic E-state index is 0.391. The normalized spacial score (nSPS) is 14.0. The zero-order valence-corrected chi connectivity index (χ0v) is 14.0. The van der Waals surface area contributed by atoms with Crippen LogP contribution in [0, 0.1) is 0 Å². The molecule has 150 valence electrons. The van der Waals surface area contributed by atoms with Gasteiger partial charge in [0.05, 0.1) is 0 Å². The van der Waals surface area contributed by atoms with E-state index >= 15 is 0 Å². The highest BCUT2D eigenvalue weighted by atomic mass is 32.2. The number of alkyl halides is 7. The Bertz CT molecular complexity index is 861. The molecule has 0 unspecified atom stereocenters. The van der Waals surface area contributed by atoms with Crippen LogP contribution in [0.5, 0.6) is 0 Å². The standard InChI is InChI=1S/C14H10F7NO4S/c1-8(2)11(23)26-22-10(9-6-4-3-5-7-9)12(15,16)27(24,25)14(20,21)13(17,18)19/h3-7H,1H2,2H3/b22-10+. The molecule has 1 aromatic carbocycles. The van der Waals surface area contributed by atoms with Crippen molar-refractivity contribution in [1.82, 2.24) is 0 Å². The summed E-state index contributed by atoms with van der Waals surface area (Å²) in [6.45, 7) is 4.12. The van der Waals surface area contributed by atoms with Crippen molar-refractivity contribution in [2.45, 2.75) is 23.6 Å². The van der Waals surface area contributed by atoms with Gasteiger partial charge in [0.2, 0.25) is 0 Å². The van der Waals surface area contributed by atoms with E-state index in [2.05, 4.69) is 16.6 Å². The number of sulfone groups is 1. The molecule has 0 amide bonds. The number of carbonyl (C=O) groups excluding carboxylic acids is 1. The van der Waals surface area contributed by atoms with Gasteiger partial charge in [-0.25, -0.2) is 13.2 Å². The Morgan fingerprint density at radius 1 is 1.04 bits per heavy atom. The molecule has 0 aliphatic heterocycles. The van der Waals surface area contributed by atoms with Crippen molar-refractivity contribution >= 4 is 21.5 Å². The van der Waals surface area contributed by atoms with Gasteiger partial charge < -0.3 is 4.84 Å². The lowest BCUT2D eigenvalue weighted by Crippen LogP contribution is -2.54. The van der Waals surface area contributed by atoms with Crippen molar-refractivity contribution in [2.75, 3.05) is 0 Å². The van der Waals surface area contributed by atoms with E-state index in [9.17, 15) is 43.9 Å². The van der Waals surface area contributed by atoms with Crippen molar-refractivity contribution in [3.05, 3.63) is 48.0 Å². The van der Waals surface area contributed by atoms with E-state index in [1.807, 2.05) is 0 Å². The lowest BCUT2D eigenvalue weighted by atomic mass is 10.1. The van der Waals surface area contributed by atoms with Crippen LogP contribution in [-0.2, 0) is 19.5 Å². The zero-order valence-electron chi connectivity index (χ0n) is 13.2. The second-order valence-electron chi connectivity index (χ2n) is 5.00. The molecule has 1 aromatic rings. The van der Waals surface area contributed by atoms with Gasteiger partial charge in [-0.15, -0.1) is 0 Å². The third kappa shape index (κ3) is 4.12. The fraction of sp³-hybridized carbons (Fsp3) is 0.286. The Labute approximate surface area is 148 Å². The summed E-state index contributed by atoms with van der Waals surface area (Å²) in [5.41, 5.74) is -3.40. The van der Waals surface area contributed by atoms with E-state index < -0.39 is 49.3 Å². The average molecular weight is 421 g/mol. The van der Waals surface area contributed by atoms with Gasteiger partial charge in [0, 0.05) is 11.1 Å². The SMILES string of the molecule is C=C(C)C(=O)O/N=C(\c1ccccc1)C(F)(F)S(=O)(=O)C(F)(F)C(F)(F)F. The minimum Gasteiger partial charge on any atom is -0.313 e. The van der Waals surface area contributed by atoms with Crippen LogP contribution >= 0.6 is 0 Å². The third-order valence-electron chi connectivity index (χ3n) is 2.90. The first-order valence-corrected chi connectivity index (χ1v) is 8.13. The summed E-state index contributed by atoms with van der Waals surface area (Å²) in [5, 5.41) is -10.2. The van der Waals surface area contributed by atoms with Crippen LogP contribution in [0.1, 0.15) is 12.5 Å². The average Bonchev–Trinajstić information content (AvgIpc) is 2.54. The number of halogens is 7. The number of hydrogen-bond acceptors (Lipinski definition) is 5. The van der Waals surface area contributed by atoms with Crippen LogP contribution in [0.25, 0.3) is 0 Å². The van der Waals surface area contributed by atoms with Crippen molar-refractivity contribution in [3.63, 3.8) is 0 Å². The molecule has 0 saturated carbocycles. The largest absolute Gasteiger partial charge is 0.469 e. The van der Waals surface area contributed by atoms with Crippen LogP contribution < -0.4 is 0 Å².